The van der Waals surface area contributed by atoms with Gasteiger partial charge in [0.2, 0.25) is 0 Å². The monoisotopic (exact) mass is 629 g/mol. The molecule has 1 aliphatic carbocycles. The summed E-state index contributed by atoms with van der Waals surface area (Å²) in [7, 11) is 3.96. The summed E-state index contributed by atoms with van der Waals surface area (Å²) in [6, 6.07) is 8.56. The number of pyridine rings is 1. The highest BCUT2D eigenvalue weighted by atomic mass is 19.1. The molecular weight excluding hydrogens is 581 g/mol. The summed E-state index contributed by atoms with van der Waals surface area (Å²) < 4.78 is 17.2. The van der Waals surface area contributed by atoms with E-state index in [1.807, 2.05) is 34.9 Å². The van der Waals surface area contributed by atoms with Crippen LogP contribution in [0.1, 0.15) is 96.4 Å². The minimum absolute atomic E-state index is 0.0759. The smallest absolute Gasteiger partial charge is 0.304 e. The third-order valence-corrected chi connectivity index (χ3v) is 8.89. The molecule has 0 aliphatic heterocycles. The van der Waals surface area contributed by atoms with Gasteiger partial charge in [0, 0.05) is 30.9 Å². The van der Waals surface area contributed by atoms with Crippen molar-refractivity contribution < 1.29 is 19.1 Å². The van der Waals surface area contributed by atoms with E-state index in [1.54, 1.807) is 31.3 Å². The van der Waals surface area contributed by atoms with Crippen molar-refractivity contribution >= 4 is 18.1 Å². The molecule has 0 spiro atoms. The molecule has 0 radical (unpaired) electrons. The minimum atomic E-state index is -1.13. The number of nitrogens with zero attached hydrogens (tertiary/aromatic N) is 3. The number of hydrogen-bond acceptors (Lipinski definition) is 4. The van der Waals surface area contributed by atoms with Gasteiger partial charge in [-0.3, -0.25) is 14.4 Å². The average Bonchev–Trinajstić information content (AvgIpc) is 3.80. The van der Waals surface area contributed by atoms with Crippen molar-refractivity contribution in [3.63, 3.8) is 0 Å². The van der Waals surface area contributed by atoms with E-state index in [4.69, 9.17) is 0 Å². The molecule has 0 saturated heterocycles. The zero-order valence-corrected chi connectivity index (χ0v) is 28.5. The normalized spacial score (nSPS) is 14.8. The second-order valence-electron chi connectivity index (χ2n) is 13.7. The zero-order chi connectivity index (χ0) is 33.9. The SMILES string of the molecule is Cc1cc(=O)n(C(CC(C)C)C(=O)/N=C/C(CC(=O)O)c2cc(-c3c(C)cc(C4CC4)cc3C)cc(C)c2F)cc1CCN(C)C. The average molecular weight is 630 g/mol. The molecule has 246 valence electrons. The summed E-state index contributed by atoms with van der Waals surface area (Å²) in [6.07, 6.45) is 6.04. The van der Waals surface area contributed by atoms with Crippen LogP contribution in [-0.4, -0.2) is 53.3 Å². The molecule has 0 bridgehead atoms. The highest BCUT2D eigenvalue weighted by Gasteiger charge is 2.27. The Morgan fingerprint density at radius 2 is 1.67 bits per heavy atom. The summed E-state index contributed by atoms with van der Waals surface area (Å²) >= 11 is 0. The van der Waals surface area contributed by atoms with Gasteiger partial charge in [0.1, 0.15) is 11.9 Å². The van der Waals surface area contributed by atoms with Gasteiger partial charge in [-0.1, -0.05) is 26.0 Å². The Morgan fingerprint density at radius 1 is 1.02 bits per heavy atom. The molecule has 1 fully saturated rings. The van der Waals surface area contributed by atoms with Crippen LogP contribution in [0.2, 0.25) is 0 Å². The molecule has 3 aromatic rings. The number of halogens is 1. The number of benzene rings is 2. The van der Waals surface area contributed by atoms with E-state index in [2.05, 4.69) is 35.9 Å². The van der Waals surface area contributed by atoms with E-state index in [1.165, 1.54) is 29.2 Å². The molecule has 7 nitrogen and oxygen atoms in total. The lowest BCUT2D eigenvalue weighted by atomic mass is 9.87. The van der Waals surface area contributed by atoms with Crippen molar-refractivity contribution in [1.29, 1.82) is 0 Å². The third-order valence-electron chi connectivity index (χ3n) is 8.89. The number of aliphatic carboxylic acids is 1. The lowest BCUT2D eigenvalue weighted by Gasteiger charge is -2.21. The Hall–Kier alpha value is -3.91. The van der Waals surface area contributed by atoms with Gasteiger partial charge >= 0.3 is 5.97 Å². The van der Waals surface area contributed by atoms with Gasteiger partial charge in [-0.15, -0.1) is 0 Å². The molecular formula is C38H48FN3O4. The molecule has 8 heteroatoms. The molecule has 2 atom stereocenters. The van der Waals surface area contributed by atoms with E-state index >= 15 is 4.39 Å². The topological polar surface area (TPSA) is 92.0 Å². The molecule has 1 saturated carbocycles. The number of carboxylic acids is 1. The predicted molar refractivity (Wildman–Crippen MR) is 183 cm³/mol. The third kappa shape index (κ3) is 8.46. The standard InChI is InChI=1S/C38H48FN3O4/c1-22(2)13-33(42-21-28(11-12-41(7)8)23(3)17-34(42)43)38(46)40-20-31(19-35(44)45)32-18-30(16-26(6)37(32)39)36-24(4)14-29(15-25(36)5)27-9-10-27/h14-18,20-22,27,31,33H,9-13,19H2,1-8H3,(H,44,45)/b40-20+. The van der Waals surface area contributed by atoms with Gasteiger partial charge in [-0.2, -0.15) is 0 Å². The van der Waals surface area contributed by atoms with Crippen molar-refractivity contribution in [3.05, 3.63) is 91.6 Å². The van der Waals surface area contributed by atoms with Crippen LogP contribution in [0.3, 0.4) is 0 Å². The summed E-state index contributed by atoms with van der Waals surface area (Å²) in [6.45, 7) is 12.4. The van der Waals surface area contributed by atoms with Crippen molar-refractivity contribution in [2.75, 3.05) is 20.6 Å². The Morgan fingerprint density at radius 3 is 2.24 bits per heavy atom. The van der Waals surface area contributed by atoms with E-state index < -0.39 is 36.1 Å². The molecule has 2 unspecified atom stereocenters. The maximum atomic E-state index is 15.8. The lowest BCUT2D eigenvalue weighted by Crippen LogP contribution is -2.31. The van der Waals surface area contributed by atoms with E-state index in [9.17, 15) is 19.5 Å². The molecule has 1 amide bonds. The van der Waals surface area contributed by atoms with Crippen LogP contribution in [0.5, 0.6) is 0 Å². The van der Waals surface area contributed by atoms with Gasteiger partial charge in [-0.05, 0) is 142 Å². The molecule has 1 aromatic heterocycles. The summed E-state index contributed by atoms with van der Waals surface area (Å²) in [5.41, 5.74) is 7.39. The second-order valence-corrected chi connectivity index (χ2v) is 13.7. The molecule has 4 rings (SSSR count). The highest BCUT2D eigenvalue weighted by Crippen LogP contribution is 2.43. The van der Waals surface area contributed by atoms with Crippen molar-refractivity contribution in [1.82, 2.24) is 9.47 Å². The number of hydrogen-bond donors (Lipinski definition) is 1. The quantitative estimate of drug-likeness (QED) is 0.200. The number of carboxylic acid groups (broad SMARTS) is 1. The molecule has 46 heavy (non-hydrogen) atoms. The van der Waals surface area contributed by atoms with Gasteiger partial charge in [0.25, 0.3) is 11.5 Å². The van der Waals surface area contributed by atoms with Gasteiger partial charge in [0.05, 0.1) is 6.42 Å². The van der Waals surface area contributed by atoms with Gasteiger partial charge in [0.15, 0.2) is 0 Å². The number of carbonyl (C=O) groups is 2. The van der Waals surface area contributed by atoms with Gasteiger partial charge < -0.3 is 14.6 Å². The maximum Gasteiger partial charge on any atom is 0.304 e. The van der Waals surface area contributed by atoms with E-state index in [-0.39, 0.29) is 17.0 Å². The lowest BCUT2D eigenvalue weighted by molar-refractivity contribution is -0.137. The van der Waals surface area contributed by atoms with Crippen molar-refractivity contribution in [2.45, 2.75) is 91.5 Å². The van der Waals surface area contributed by atoms with E-state index in [0.29, 0.717) is 24.3 Å². The van der Waals surface area contributed by atoms with Crippen LogP contribution >= 0.6 is 0 Å². The Bertz CT molecular complexity index is 1680. The fourth-order valence-corrected chi connectivity index (χ4v) is 6.31. The summed E-state index contributed by atoms with van der Waals surface area (Å²) in [5, 5.41) is 9.80. The maximum absolute atomic E-state index is 15.8. The first-order valence-corrected chi connectivity index (χ1v) is 16.2. The largest absolute Gasteiger partial charge is 0.481 e. The summed E-state index contributed by atoms with van der Waals surface area (Å²) in [4.78, 5) is 45.2. The van der Waals surface area contributed by atoms with Crippen LogP contribution in [0.4, 0.5) is 4.39 Å². The predicted octanol–water partition coefficient (Wildman–Crippen LogP) is 7.31. The highest BCUT2D eigenvalue weighted by molar-refractivity contribution is 5.91. The number of carbonyl (C=O) groups excluding carboxylic acids is 1. The van der Waals surface area contributed by atoms with Crippen LogP contribution in [-0.2, 0) is 16.0 Å². The fraction of sp³-hybridized carbons (Fsp3) is 0.474. The Balaban J connectivity index is 1.73. The number of aliphatic imine (C=N–C) groups is 1. The van der Waals surface area contributed by atoms with Crippen LogP contribution in [0.15, 0.2) is 46.3 Å². The molecule has 1 aliphatic rings. The van der Waals surface area contributed by atoms with Gasteiger partial charge in [-0.25, -0.2) is 9.38 Å². The summed E-state index contributed by atoms with van der Waals surface area (Å²) in [5.74, 6) is -2.53. The number of likely N-dealkylation sites (N-methyl/N-ethyl adjacent to an activating group) is 1. The molecule has 1 N–H and O–H groups in total. The minimum Gasteiger partial charge on any atom is -0.481 e. The van der Waals surface area contributed by atoms with E-state index in [0.717, 1.165) is 39.9 Å². The fourth-order valence-electron chi connectivity index (χ4n) is 6.31. The van der Waals surface area contributed by atoms with Crippen molar-refractivity contribution in [2.24, 2.45) is 10.9 Å². The first-order valence-electron chi connectivity index (χ1n) is 16.2. The first-order chi connectivity index (χ1) is 21.7. The van der Waals surface area contributed by atoms with Crippen LogP contribution < -0.4 is 5.56 Å². The zero-order valence-electron chi connectivity index (χ0n) is 28.5. The van der Waals surface area contributed by atoms with Crippen LogP contribution in [0.25, 0.3) is 11.1 Å². The number of aromatic nitrogens is 1. The Labute approximate surface area is 272 Å². The van der Waals surface area contributed by atoms with Crippen molar-refractivity contribution in [3.8, 4) is 11.1 Å². The number of rotatable bonds is 13. The molecule has 1 heterocycles. The molecule has 2 aromatic carbocycles. The number of amides is 1. The Kier molecular flexibility index (Phi) is 11.1. The van der Waals surface area contributed by atoms with Crippen LogP contribution in [0, 0.1) is 39.4 Å². The first kappa shape index (κ1) is 35.0. The number of aryl methyl sites for hydroxylation is 4. The second kappa shape index (κ2) is 14.7.